The number of hydrogen-bond acceptors (Lipinski definition) is 7. The van der Waals surface area contributed by atoms with Gasteiger partial charge in [0.1, 0.15) is 20.8 Å². The zero-order valence-electron chi connectivity index (χ0n) is 19.4. The molecule has 35 heavy (non-hydrogen) atoms. The maximum Gasteiger partial charge on any atom is 0.420 e. The third kappa shape index (κ3) is 4.99. The number of benzene rings is 1. The van der Waals surface area contributed by atoms with Crippen LogP contribution in [0.1, 0.15) is 22.3 Å². The highest BCUT2D eigenvalue weighted by Crippen LogP contribution is 2.44. The monoisotopic (exact) mass is 539 g/mol. The number of likely N-dealkylation sites (N-methyl/N-ethyl adjacent to an activating group) is 1. The topological polar surface area (TPSA) is 61.4 Å². The van der Waals surface area contributed by atoms with E-state index >= 15 is 0 Å². The molecule has 0 spiro atoms. The molecule has 6 nitrogen and oxygen atoms in total. The van der Waals surface area contributed by atoms with Gasteiger partial charge in [-0.1, -0.05) is 6.07 Å². The van der Waals surface area contributed by atoms with Crippen molar-refractivity contribution in [3.05, 3.63) is 46.6 Å². The largest absolute Gasteiger partial charge is 0.420 e. The van der Waals surface area contributed by atoms with Gasteiger partial charge in [-0.2, -0.15) is 13.2 Å². The van der Waals surface area contributed by atoms with Gasteiger partial charge in [-0.25, -0.2) is 18.5 Å². The van der Waals surface area contributed by atoms with Crippen LogP contribution in [0, 0.1) is 6.92 Å². The molecule has 1 atom stereocenters. The summed E-state index contributed by atoms with van der Waals surface area (Å²) in [5, 5.41) is 3.14. The zero-order valence-corrected chi connectivity index (χ0v) is 21.9. The summed E-state index contributed by atoms with van der Waals surface area (Å²) in [6.07, 6.45) is -2.88. The molecule has 4 heterocycles. The smallest absolute Gasteiger partial charge is 0.324 e. The first kappa shape index (κ1) is 24.7. The predicted octanol–water partition coefficient (Wildman–Crippen LogP) is 5.32. The van der Waals surface area contributed by atoms with Crippen LogP contribution in [-0.2, 0) is 30.1 Å². The Kier molecular flexibility index (Phi) is 6.68. The molecule has 2 aliphatic rings. The molecule has 0 fully saturated rings. The van der Waals surface area contributed by atoms with Crippen molar-refractivity contribution in [2.75, 3.05) is 38.3 Å². The summed E-state index contributed by atoms with van der Waals surface area (Å²) in [6.45, 7) is 4.42. The maximum atomic E-state index is 13.9. The third-order valence-electron chi connectivity index (χ3n) is 6.10. The van der Waals surface area contributed by atoms with Gasteiger partial charge in [0, 0.05) is 49.2 Å². The highest BCUT2D eigenvalue weighted by Gasteiger charge is 2.37. The standard InChI is InChI=1S/C23H24F3N5OS3/c1-13-8-15-12-30(2)5-4-14(15)9-17(13)28-22-27-11-16(23(24,25)26)20(29-22)18-10-19-21(34-18)35(32)31(3)6-7-33-19/h8-11H,4-7,12H2,1-3H3,(H,27,28,29). The van der Waals surface area contributed by atoms with Crippen molar-refractivity contribution in [2.24, 2.45) is 0 Å². The Morgan fingerprint density at radius 1 is 1.14 bits per heavy atom. The average Bonchev–Trinajstić information content (AvgIpc) is 3.17. The lowest BCUT2D eigenvalue weighted by molar-refractivity contribution is -0.137. The van der Waals surface area contributed by atoms with Gasteiger partial charge >= 0.3 is 6.18 Å². The van der Waals surface area contributed by atoms with Crippen LogP contribution in [0.25, 0.3) is 10.6 Å². The Morgan fingerprint density at radius 2 is 1.94 bits per heavy atom. The van der Waals surface area contributed by atoms with E-state index in [0.29, 0.717) is 21.4 Å². The van der Waals surface area contributed by atoms with Gasteiger partial charge in [0.2, 0.25) is 5.95 Å². The highest BCUT2D eigenvalue weighted by molar-refractivity contribution is 8.00. The zero-order chi connectivity index (χ0) is 24.9. The minimum atomic E-state index is -4.62. The first-order valence-electron chi connectivity index (χ1n) is 11.0. The first-order chi connectivity index (χ1) is 16.6. The second-order valence-corrected chi connectivity index (χ2v) is 12.7. The van der Waals surface area contributed by atoms with Gasteiger partial charge in [-0.05, 0) is 49.2 Å². The van der Waals surface area contributed by atoms with E-state index in [0.717, 1.165) is 53.2 Å². The summed E-state index contributed by atoms with van der Waals surface area (Å²) >= 11 is 2.60. The van der Waals surface area contributed by atoms with Crippen LogP contribution in [-0.4, -0.2) is 56.3 Å². The lowest BCUT2D eigenvalue weighted by atomic mass is 9.96. The highest BCUT2D eigenvalue weighted by atomic mass is 32.2. The molecule has 0 amide bonds. The molecule has 2 aliphatic heterocycles. The van der Waals surface area contributed by atoms with Crippen molar-refractivity contribution >= 4 is 45.7 Å². The minimum absolute atomic E-state index is 0.0958. The van der Waals surface area contributed by atoms with E-state index in [1.165, 1.54) is 22.9 Å². The molecule has 0 aliphatic carbocycles. The van der Waals surface area contributed by atoms with Crippen LogP contribution in [0.15, 0.2) is 33.5 Å². The molecule has 0 radical (unpaired) electrons. The summed E-state index contributed by atoms with van der Waals surface area (Å²) < 4.78 is 56.7. The molecule has 1 unspecified atom stereocenters. The quantitative estimate of drug-likeness (QED) is 0.486. The number of anilines is 2. The molecule has 186 valence electrons. The van der Waals surface area contributed by atoms with Crippen LogP contribution in [0.2, 0.25) is 0 Å². The van der Waals surface area contributed by atoms with Crippen LogP contribution >= 0.6 is 23.1 Å². The first-order valence-corrected chi connectivity index (χ1v) is 13.9. The van der Waals surface area contributed by atoms with Crippen LogP contribution in [0.4, 0.5) is 24.8 Å². The second kappa shape index (κ2) is 9.47. The molecular formula is C23H24F3N5OS3. The minimum Gasteiger partial charge on any atom is -0.324 e. The summed E-state index contributed by atoms with van der Waals surface area (Å²) in [6, 6.07) is 5.82. The van der Waals surface area contributed by atoms with E-state index in [9.17, 15) is 17.4 Å². The SMILES string of the molecule is Cc1cc2c(cc1Nc1ncc(C(F)(F)F)c(-c3cc4c(s3)S(=O)N(C)CCS4)n1)CCN(C)C2. The number of alkyl halides is 3. The number of thiophene rings is 1. The van der Waals surface area contributed by atoms with Crippen LogP contribution in [0.3, 0.4) is 0 Å². The van der Waals surface area contributed by atoms with Crippen molar-refractivity contribution < 1.29 is 17.4 Å². The Hall–Kier alpha value is -1.99. The molecule has 1 N–H and O–H groups in total. The third-order valence-corrected chi connectivity index (χ3v) is 10.3. The Bertz CT molecular complexity index is 1310. The summed E-state index contributed by atoms with van der Waals surface area (Å²) in [5.74, 6) is 0.806. The molecule has 2 aromatic heterocycles. The van der Waals surface area contributed by atoms with Crippen molar-refractivity contribution in [2.45, 2.75) is 35.2 Å². The molecular weight excluding hydrogens is 515 g/mol. The van der Waals surface area contributed by atoms with Crippen LogP contribution in [0.5, 0.6) is 0 Å². The maximum absolute atomic E-state index is 13.9. The van der Waals surface area contributed by atoms with Crippen LogP contribution < -0.4 is 5.32 Å². The van der Waals surface area contributed by atoms with E-state index in [1.807, 2.05) is 13.0 Å². The molecule has 1 aromatic carbocycles. The number of hydrogen-bond donors (Lipinski definition) is 1. The summed E-state index contributed by atoms with van der Waals surface area (Å²) in [7, 11) is 2.41. The number of fused-ring (bicyclic) bond motifs is 2. The number of nitrogens with one attached hydrogen (secondary N) is 1. The number of aryl methyl sites for hydroxylation is 1. The van der Waals surface area contributed by atoms with E-state index in [-0.39, 0.29) is 11.6 Å². The lowest BCUT2D eigenvalue weighted by Crippen LogP contribution is -2.26. The molecule has 3 aromatic rings. The van der Waals surface area contributed by atoms with E-state index in [2.05, 4.69) is 33.3 Å². The fraction of sp³-hybridized carbons (Fsp3) is 0.391. The Balaban J connectivity index is 1.54. The number of aromatic nitrogens is 2. The molecule has 12 heteroatoms. The number of rotatable bonds is 3. The molecule has 0 bridgehead atoms. The van der Waals surface area contributed by atoms with E-state index in [4.69, 9.17) is 0 Å². The van der Waals surface area contributed by atoms with Crippen molar-refractivity contribution in [1.82, 2.24) is 19.2 Å². The van der Waals surface area contributed by atoms with Gasteiger partial charge < -0.3 is 10.2 Å². The second-order valence-electron chi connectivity index (χ2n) is 8.71. The van der Waals surface area contributed by atoms with Crippen molar-refractivity contribution in [3.63, 3.8) is 0 Å². The van der Waals surface area contributed by atoms with E-state index in [1.54, 1.807) is 17.4 Å². The summed E-state index contributed by atoms with van der Waals surface area (Å²) in [5.41, 5.74) is 3.11. The van der Waals surface area contributed by atoms with Gasteiger partial charge in [0.25, 0.3) is 0 Å². The van der Waals surface area contributed by atoms with Crippen molar-refractivity contribution in [1.29, 1.82) is 0 Å². The van der Waals surface area contributed by atoms with Gasteiger partial charge in [-0.15, -0.1) is 23.1 Å². The van der Waals surface area contributed by atoms with E-state index < -0.39 is 22.7 Å². The fourth-order valence-corrected chi connectivity index (χ4v) is 8.45. The summed E-state index contributed by atoms with van der Waals surface area (Å²) in [4.78, 5) is 11.6. The molecule has 0 saturated carbocycles. The molecule has 5 rings (SSSR count). The normalized spacial score (nSPS) is 19.2. The lowest BCUT2D eigenvalue weighted by Gasteiger charge is -2.26. The Morgan fingerprint density at radius 3 is 2.71 bits per heavy atom. The van der Waals surface area contributed by atoms with Gasteiger partial charge in [-0.3, -0.25) is 0 Å². The number of halogens is 3. The van der Waals surface area contributed by atoms with Gasteiger partial charge in [0.15, 0.2) is 0 Å². The molecule has 0 saturated heterocycles. The number of nitrogens with zero attached hydrogens (tertiary/aromatic N) is 4. The van der Waals surface area contributed by atoms with Gasteiger partial charge in [0.05, 0.1) is 10.6 Å². The van der Waals surface area contributed by atoms with Crippen molar-refractivity contribution in [3.8, 4) is 10.6 Å². The number of thioether (sulfide) groups is 1. The predicted molar refractivity (Wildman–Crippen MR) is 135 cm³/mol. The average molecular weight is 540 g/mol. The Labute approximate surface area is 212 Å². The fourth-order valence-electron chi connectivity index (χ4n) is 4.17.